The Bertz CT molecular complexity index is 448. The van der Waals surface area contributed by atoms with Gasteiger partial charge in [0.05, 0.1) is 0 Å². The lowest BCUT2D eigenvalue weighted by Gasteiger charge is -2.12. The monoisotopic (exact) mass is 258 g/mol. The minimum Gasteiger partial charge on any atom is -0.352 e. The van der Waals surface area contributed by atoms with E-state index in [9.17, 15) is 4.79 Å². The number of carbonyl (C=O) groups excluding carboxylic acids is 1. The van der Waals surface area contributed by atoms with Crippen molar-refractivity contribution in [1.29, 1.82) is 0 Å². The van der Waals surface area contributed by atoms with Crippen LogP contribution in [0.1, 0.15) is 43.2 Å². The topological polar surface area (TPSA) is 55.1 Å². The highest BCUT2D eigenvalue weighted by Gasteiger charge is 2.08. The maximum absolute atomic E-state index is 11.8. The lowest BCUT2D eigenvalue weighted by Crippen LogP contribution is -2.23. The van der Waals surface area contributed by atoms with Crippen LogP contribution in [0.5, 0.6) is 0 Å². The summed E-state index contributed by atoms with van der Waals surface area (Å²) in [5.41, 5.74) is 9.07. The summed E-state index contributed by atoms with van der Waals surface area (Å²) in [6.07, 6.45) is 7.47. The third-order valence-corrected chi connectivity index (χ3v) is 3.52. The highest BCUT2D eigenvalue weighted by molar-refractivity contribution is 5.78. The van der Waals surface area contributed by atoms with Crippen LogP contribution >= 0.6 is 0 Å². The van der Waals surface area contributed by atoms with Gasteiger partial charge in [-0.3, -0.25) is 4.79 Å². The second-order valence-electron chi connectivity index (χ2n) is 5.08. The maximum Gasteiger partial charge on any atom is 0.224 e. The molecule has 102 valence electrons. The fourth-order valence-electron chi connectivity index (χ4n) is 2.33. The number of amides is 1. The van der Waals surface area contributed by atoms with E-state index in [0.29, 0.717) is 19.5 Å². The van der Waals surface area contributed by atoms with E-state index in [2.05, 4.69) is 11.4 Å². The molecule has 0 saturated carbocycles. The second kappa shape index (κ2) is 7.10. The molecule has 1 aromatic carbocycles. The lowest BCUT2D eigenvalue weighted by molar-refractivity contribution is -0.120. The van der Waals surface area contributed by atoms with E-state index in [-0.39, 0.29) is 5.91 Å². The molecule has 0 saturated heterocycles. The number of allylic oxidation sites excluding steroid dienone is 1. The third kappa shape index (κ3) is 4.52. The van der Waals surface area contributed by atoms with Gasteiger partial charge >= 0.3 is 0 Å². The minimum absolute atomic E-state index is 0.121. The number of nitrogens with two attached hydrogens (primary N) is 1. The Kier molecular flexibility index (Phi) is 5.16. The SMILES string of the molecule is NCc1ccc(CNC(=O)CC2=CCCCC2)cc1. The van der Waals surface area contributed by atoms with E-state index in [4.69, 9.17) is 5.73 Å². The molecule has 0 spiro atoms. The van der Waals surface area contributed by atoms with Gasteiger partial charge in [-0.25, -0.2) is 0 Å². The first-order chi connectivity index (χ1) is 9.28. The summed E-state index contributed by atoms with van der Waals surface area (Å²) in [6.45, 7) is 1.15. The zero-order valence-electron chi connectivity index (χ0n) is 11.3. The number of hydrogen-bond acceptors (Lipinski definition) is 2. The standard InChI is InChI=1S/C16H22N2O/c17-11-14-6-8-15(9-7-14)12-18-16(19)10-13-4-2-1-3-5-13/h4,6-9H,1-3,5,10-12,17H2,(H,18,19). The molecule has 3 heteroatoms. The van der Waals surface area contributed by atoms with Gasteiger partial charge in [0.2, 0.25) is 5.91 Å². The van der Waals surface area contributed by atoms with Crippen molar-refractivity contribution < 1.29 is 4.79 Å². The van der Waals surface area contributed by atoms with E-state index in [1.807, 2.05) is 24.3 Å². The molecule has 1 aliphatic rings. The van der Waals surface area contributed by atoms with Crippen LogP contribution in [-0.2, 0) is 17.9 Å². The summed E-state index contributed by atoms with van der Waals surface area (Å²) < 4.78 is 0. The highest BCUT2D eigenvalue weighted by Crippen LogP contribution is 2.19. The van der Waals surface area contributed by atoms with Crippen LogP contribution in [0.2, 0.25) is 0 Å². The predicted octanol–water partition coefficient (Wildman–Crippen LogP) is 2.65. The number of nitrogens with one attached hydrogen (secondary N) is 1. The molecule has 0 heterocycles. The van der Waals surface area contributed by atoms with Crippen LogP contribution in [0.3, 0.4) is 0 Å². The molecular formula is C16H22N2O. The van der Waals surface area contributed by atoms with E-state index < -0.39 is 0 Å². The van der Waals surface area contributed by atoms with Crippen molar-refractivity contribution in [3.8, 4) is 0 Å². The fourth-order valence-corrected chi connectivity index (χ4v) is 2.33. The molecule has 1 aliphatic carbocycles. The second-order valence-corrected chi connectivity index (χ2v) is 5.08. The van der Waals surface area contributed by atoms with Gasteiger partial charge in [-0.1, -0.05) is 35.9 Å². The first-order valence-corrected chi connectivity index (χ1v) is 7.00. The summed E-state index contributed by atoms with van der Waals surface area (Å²) >= 11 is 0. The number of benzene rings is 1. The van der Waals surface area contributed by atoms with Crippen LogP contribution in [0.25, 0.3) is 0 Å². The molecule has 19 heavy (non-hydrogen) atoms. The van der Waals surface area contributed by atoms with Crippen LogP contribution in [0, 0.1) is 0 Å². The number of hydrogen-bond donors (Lipinski definition) is 2. The average Bonchev–Trinajstić information content (AvgIpc) is 2.47. The van der Waals surface area contributed by atoms with Gasteiger partial charge in [0.25, 0.3) is 0 Å². The lowest BCUT2D eigenvalue weighted by atomic mass is 9.97. The summed E-state index contributed by atoms with van der Waals surface area (Å²) in [5, 5.41) is 2.97. The van der Waals surface area contributed by atoms with Gasteiger partial charge < -0.3 is 11.1 Å². The van der Waals surface area contributed by atoms with Crippen LogP contribution in [0.4, 0.5) is 0 Å². The Labute approximate surface area is 114 Å². The van der Waals surface area contributed by atoms with Gasteiger partial charge in [-0.2, -0.15) is 0 Å². The Hall–Kier alpha value is -1.61. The van der Waals surface area contributed by atoms with E-state index in [1.54, 1.807) is 0 Å². The molecule has 0 aliphatic heterocycles. The van der Waals surface area contributed by atoms with Crippen molar-refractivity contribution in [2.45, 2.75) is 45.2 Å². The van der Waals surface area contributed by atoms with Crippen molar-refractivity contribution in [1.82, 2.24) is 5.32 Å². The van der Waals surface area contributed by atoms with Gasteiger partial charge in [0.1, 0.15) is 0 Å². The Morgan fingerprint density at radius 3 is 2.53 bits per heavy atom. The third-order valence-electron chi connectivity index (χ3n) is 3.52. The molecule has 0 radical (unpaired) electrons. The molecule has 0 fully saturated rings. The molecule has 0 atom stereocenters. The Morgan fingerprint density at radius 1 is 1.16 bits per heavy atom. The number of carbonyl (C=O) groups is 1. The smallest absolute Gasteiger partial charge is 0.224 e. The first-order valence-electron chi connectivity index (χ1n) is 7.00. The van der Waals surface area contributed by atoms with Crippen LogP contribution in [-0.4, -0.2) is 5.91 Å². The molecule has 0 unspecified atom stereocenters. The first kappa shape index (κ1) is 13.8. The Balaban J connectivity index is 1.77. The zero-order chi connectivity index (χ0) is 13.5. The average molecular weight is 258 g/mol. The maximum atomic E-state index is 11.8. The van der Waals surface area contributed by atoms with Crippen molar-refractivity contribution in [3.63, 3.8) is 0 Å². The summed E-state index contributed by atoms with van der Waals surface area (Å²) in [7, 11) is 0. The largest absolute Gasteiger partial charge is 0.352 e. The molecule has 1 amide bonds. The molecule has 1 aromatic rings. The molecule has 0 bridgehead atoms. The molecule has 3 nitrogen and oxygen atoms in total. The van der Waals surface area contributed by atoms with Crippen LogP contribution in [0.15, 0.2) is 35.9 Å². The van der Waals surface area contributed by atoms with E-state index >= 15 is 0 Å². The minimum atomic E-state index is 0.121. The van der Waals surface area contributed by atoms with Gasteiger partial charge in [-0.15, -0.1) is 0 Å². The Morgan fingerprint density at radius 2 is 1.89 bits per heavy atom. The van der Waals surface area contributed by atoms with Crippen molar-refractivity contribution in [2.75, 3.05) is 0 Å². The molecule has 2 rings (SSSR count). The van der Waals surface area contributed by atoms with Crippen molar-refractivity contribution >= 4 is 5.91 Å². The summed E-state index contributed by atoms with van der Waals surface area (Å²) in [6, 6.07) is 8.04. The molecule has 0 aromatic heterocycles. The fraction of sp³-hybridized carbons (Fsp3) is 0.438. The van der Waals surface area contributed by atoms with Crippen molar-refractivity contribution in [3.05, 3.63) is 47.0 Å². The van der Waals surface area contributed by atoms with Gasteiger partial charge in [0, 0.05) is 19.5 Å². The summed E-state index contributed by atoms with van der Waals surface area (Å²) in [4.78, 5) is 11.8. The predicted molar refractivity (Wildman–Crippen MR) is 77.3 cm³/mol. The highest BCUT2D eigenvalue weighted by atomic mass is 16.1. The van der Waals surface area contributed by atoms with Gasteiger partial charge in [0.15, 0.2) is 0 Å². The summed E-state index contributed by atoms with van der Waals surface area (Å²) in [5.74, 6) is 0.121. The van der Waals surface area contributed by atoms with Crippen LogP contribution < -0.4 is 11.1 Å². The number of rotatable bonds is 5. The molecule has 3 N–H and O–H groups in total. The van der Waals surface area contributed by atoms with E-state index in [1.165, 1.54) is 18.4 Å². The van der Waals surface area contributed by atoms with E-state index in [0.717, 1.165) is 24.0 Å². The van der Waals surface area contributed by atoms with Gasteiger partial charge in [-0.05, 0) is 36.8 Å². The quantitative estimate of drug-likeness (QED) is 0.798. The van der Waals surface area contributed by atoms with Crippen molar-refractivity contribution in [2.24, 2.45) is 5.73 Å². The normalized spacial score (nSPS) is 14.9. The zero-order valence-corrected chi connectivity index (χ0v) is 11.3. The molecular weight excluding hydrogens is 236 g/mol.